The highest BCUT2D eigenvalue weighted by Crippen LogP contribution is 2.32. The smallest absolute Gasteiger partial charge is 0.133 e. The summed E-state index contributed by atoms with van der Waals surface area (Å²) in [6.07, 6.45) is 4.97. The van der Waals surface area contributed by atoms with Crippen LogP contribution < -0.4 is 20.1 Å². The molecule has 0 amide bonds. The second-order valence-corrected chi connectivity index (χ2v) is 6.66. The highest BCUT2D eigenvalue weighted by Gasteiger charge is 2.15. The van der Waals surface area contributed by atoms with Gasteiger partial charge in [0.2, 0.25) is 0 Å². The van der Waals surface area contributed by atoms with Crippen LogP contribution in [0.2, 0.25) is 0 Å². The average molecular weight is 422 g/mol. The Balaban J connectivity index is 2.10. The lowest BCUT2D eigenvalue weighted by molar-refractivity contribution is 0.207. The Hall–Kier alpha value is -3.65. The summed E-state index contributed by atoms with van der Waals surface area (Å²) in [5, 5.41) is 0. The molecule has 0 spiro atoms. The number of hydrogen-bond acceptors (Lipinski definition) is 8. The minimum absolute atomic E-state index is 0.518. The van der Waals surface area contributed by atoms with Crippen molar-refractivity contribution in [3.63, 3.8) is 0 Å². The molecule has 1 aromatic carbocycles. The molecule has 0 aliphatic carbocycles. The number of methoxy groups -OCH3 is 3. The maximum atomic E-state index is 5.75. The zero-order valence-electron chi connectivity index (χ0n) is 18.2. The number of nitrogens with zero attached hydrogens (tertiary/aromatic N) is 4. The van der Waals surface area contributed by atoms with Gasteiger partial charge in [0.05, 0.1) is 31.9 Å². The molecule has 3 aromatic rings. The van der Waals surface area contributed by atoms with Crippen LogP contribution in [0, 0.1) is 0 Å². The number of aromatic nitrogens is 2. The molecule has 2 heterocycles. The summed E-state index contributed by atoms with van der Waals surface area (Å²) < 4.78 is 16.2. The Kier molecular flexibility index (Phi) is 7.40. The molecule has 0 saturated heterocycles. The number of ether oxygens (including phenoxy) is 3. The molecule has 3 rings (SSSR count). The van der Waals surface area contributed by atoms with Gasteiger partial charge in [-0.25, -0.2) is 4.98 Å². The molecule has 162 valence electrons. The highest BCUT2D eigenvalue weighted by molar-refractivity contribution is 6.10. The van der Waals surface area contributed by atoms with Crippen molar-refractivity contribution in [1.82, 2.24) is 9.97 Å². The number of anilines is 2. The SMILES string of the molecule is CN=CC(=CN)c1cnc2ccc(N(CCOC)c3cc(OC)cc(OC)c3)nc2c1. The van der Waals surface area contributed by atoms with E-state index in [1.807, 2.05) is 41.3 Å². The minimum Gasteiger partial charge on any atom is -0.497 e. The van der Waals surface area contributed by atoms with E-state index in [4.69, 9.17) is 24.9 Å². The lowest BCUT2D eigenvalue weighted by atomic mass is 10.1. The second kappa shape index (κ2) is 10.4. The van der Waals surface area contributed by atoms with Crippen LogP contribution in [0.3, 0.4) is 0 Å². The number of fused-ring (bicyclic) bond motifs is 1. The number of benzene rings is 1. The number of aliphatic imine (C=N–C) groups is 1. The van der Waals surface area contributed by atoms with Gasteiger partial charge in [0, 0.05) is 74.3 Å². The summed E-state index contributed by atoms with van der Waals surface area (Å²) >= 11 is 0. The first-order chi connectivity index (χ1) is 15.1. The van der Waals surface area contributed by atoms with Crippen LogP contribution in [0.15, 0.2) is 53.8 Å². The van der Waals surface area contributed by atoms with Crippen molar-refractivity contribution in [2.45, 2.75) is 0 Å². The fourth-order valence-electron chi connectivity index (χ4n) is 3.16. The van der Waals surface area contributed by atoms with Gasteiger partial charge in [-0.3, -0.25) is 9.98 Å². The van der Waals surface area contributed by atoms with Crippen molar-refractivity contribution in [2.75, 3.05) is 46.4 Å². The molecule has 0 unspecified atom stereocenters. The molecule has 0 aliphatic heterocycles. The average Bonchev–Trinajstić information content (AvgIpc) is 2.82. The van der Waals surface area contributed by atoms with E-state index >= 15 is 0 Å². The van der Waals surface area contributed by atoms with E-state index < -0.39 is 0 Å². The summed E-state index contributed by atoms with van der Waals surface area (Å²) in [4.78, 5) is 15.5. The Morgan fingerprint density at radius 2 is 1.81 bits per heavy atom. The minimum atomic E-state index is 0.518. The van der Waals surface area contributed by atoms with Gasteiger partial charge in [-0.2, -0.15) is 0 Å². The van der Waals surface area contributed by atoms with Crippen LogP contribution in [0.25, 0.3) is 16.6 Å². The van der Waals surface area contributed by atoms with E-state index in [1.54, 1.807) is 40.8 Å². The Morgan fingerprint density at radius 1 is 1.06 bits per heavy atom. The summed E-state index contributed by atoms with van der Waals surface area (Å²) in [7, 11) is 6.62. The molecule has 0 saturated carbocycles. The van der Waals surface area contributed by atoms with Gasteiger partial charge in [-0.05, 0) is 18.2 Å². The number of allylic oxidation sites excluding steroid dienone is 1. The number of nitrogens with two attached hydrogens (primary N) is 1. The fraction of sp³-hybridized carbons (Fsp3) is 0.261. The van der Waals surface area contributed by atoms with Crippen LogP contribution >= 0.6 is 0 Å². The Bertz CT molecular complexity index is 1080. The molecule has 0 radical (unpaired) electrons. The molecular weight excluding hydrogens is 394 g/mol. The van der Waals surface area contributed by atoms with Crippen LogP contribution in [0.4, 0.5) is 11.5 Å². The third-order valence-electron chi connectivity index (χ3n) is 4.75. The molecule has 8 heteroatoms. The van der Waals surface area contributed by atoms with Crippen molar-refractivity contribution in [3.05, 3.63) is 54.4 Å². The van der Waals surface area contributed by atoms with Gasteiger partial charge >= 0.3 is 0 Å². The van der Waals surface area contributed by atoms with Gasteiger partial charge in [-0.1, -0.05) is 0 Å². The first-order valence-corrected chi connectivity index (χ1v) is 9.74. The van der Waals surface area contributed by atoms with Crippen LogP contribution in [0.1, 0.15) is 5.56 Å². The van der Waals surface area contributed by atoms with Crippen LogP contribution in [-0.4, -0.2) is 57.7 Å². The molecule has 0 bridgehead atoms. The third-order valence-corrected chi connectivity index (χ3v) is 4.75. The van der Waals surface area contributed by atoms with E-state index in [0.29, 0.717) is 24.7 Å². The number of hydrogen-bond donors (Lipinski definition) is 1. The molecular formula is C23H27N5O3. The predicted molar refractivity (Wildman–Crippen MR) is 125 cm³/mol. The molecule has 8 nitrogen and oxygen atoms in total. The van der Waals surface area contributed by atoms with Crippen molar-refractivity contribution in [2.24, 2.45) is 10.7 Å². The van der Waals surface area contributed by atoms with Crippen molar-refractivity contribution < 1.29 is 14.2 Å². The zero-order valence-corrected chi connectivity index (χ0v) is 18.2. The van der Waals surface area contributed by atoms with Gasteiger partial charge < -0.3 is 24.8 Å². The molecule has 2 aromatic heterocycles. The summed E-state index contributed by atoms with van der Waals surface area (Å²) in [5.74, 6) is 2.14. The molecule has 0 atom stereocenters. The van der Waals surface area contributed by atoms with E-state index in [1.165, 1.54) is 6.20 Å². The maximum absolute atomic E-state index is 5.75. The molecule has 2 N–H and O–H groups in total. The van der Waals surface area contributed by atoms with Gasteiger partial charge in [0.15, 0.2) is 0 Å². The van der Waals surface area contributed by atoms with E-state index in [-0.39, 0.29) is 0 Å². The first kappa shape index (κ1) is 22.0. The topological polar surface area (TPSA) is 95.1 Å². The normalized spacial score (nSPS) is 11.8. The highest BCUT2D eigenvalue weighted by atomic mass is 16.5. The third kappa shape index (κ3) is 5.10. The quantitative estimate of drug-likeness (QED) is 0.529. The van der Waals surface area contributed by atoms with E-state index in [2.05, 4.69) is 9.98 Å². The van der Waals surface area contributed by atoms with Crippen molar-refractivity contribution in [3.8, 4) is 11.5 Å². The summed E-state index contributed by atoms with van der Waals surface area (Å²) in [6, 6.07) is 11.5. The molecule has 0 fully saturated rings. The summed E-state index contributed by atoms with van der Waals surface area (Å²) in [6.45, 7) is 1.11. The predicted octanol–water partition coefficient (Wildman–Crippen LogP) is 3.43. The van der Waals surface area contributed by atoms with Crippen LogP contribution in [-0.2, 0) is 4.74 Å². The largest absolute Gasteiger partial charge is 0.497 e. The molecule has 31 heavy (non-hydrogen) atoms. The lowest BCUT2D eigenvalue weighted by Gasteiger charge is -2.25. The van der Waals surface area contributed by atoms with Crippen LogP contribution in [0.5, 0.6) is 11.5 Å². The maximum Gasteiger partial charge on any atom is 0.133 e. The number of rotatable bonds is 9. The van der Waals surface area contributed by atoms with Crippen molar-refractivity contribution >= 4 is 34.3 Å². The van der Waals surface area contributed by atoms with Gasteiger partial charge in [0.1, 0.15) is 17.3 Å². The Morgan fingerprint density at radius 3 is 2.42 bits per heavy atom. The Labute approximate surface area is 182 Å². The second-order valence-electron chi connectivity index (χ2n) is 6.66. The monoisotopic (exact) mass is 421 g/mol. The molecule has 0 aliphatic rings. The van der Waals surface area contributed by atoms with Gasteiger partial charge in [0.25, 0.3) is 0 Å². The standard InChI is InChI=1S/C23H27N5O3/c1-25-14-17(13-24)16-9-22-21(26-15-16)5-6-23(27-22)28(7-8-29-2)18-10-19(30-3)12-20(11-18)31-4/h5-6,9-15H,7-8,24H2,1-4H3. The van der Waals surface area contributed by atoms with Gasteiger partial charge in [-0.15, -0.1) is 0 Å². The van der Waals surface area contributed by atoms with E-state index in [0.717, 1.165) is 33.7 Å². The fourth-order valence-corrected chi connectivity index (χ4v) is 3.16. The first-order valence-electron chi connectivity index (χ1n) is 9.74. The zero-order chi connectivity index (χ0) is 22.2. The van der Waals surface area contributed by atoms with Crippen molar-refractivity contribution in [1.29, 1.82) is 0 Å². The number of pyridine rings is 2. The summed E-state index contributed by atoms with van der Waals surface area (Å²) in [5.41, 5.74) is 9.78. The van der Waals surface area contributed by atoms with E-state index in [9.17, 15) is 0 Å². The lowest BCUT2D eigenvalue weighted by Crippen LogP contribution is -2.23.